The molecule has 1 aromatic rings. The van der Waals surface area contributed by atoms with Crippen LogP contribution in [0.15, 0.2) is 24.3 Å². The second kappa shape index (κ2) is 7.04. The van der Waals surface area contributed by atoms with E-state index in [1.54, 1.807) is 0 Å². The van der Waals surface area contributed by atoms with Gasteiger partial charge in [-0.25, -0.2) is 0 Å². The fourth-order valence-electron chi connectivity index (χ4n) is 3.95. The highest BCUT2D eigenvalue weighted by Crippen LogP contribution is 2.37. The van der Waals surface area contributed by atoms with Crippen molar-refractivity contribution < 1.29 is 4.79 Å². The van der Waals surface area contributed by atoms with Crippen LogP contribution in [0, 0.1) is 23.7 Å². The van der Waals surface area contributed by atoms with Crippen LogP contribution in [0.2, 0.25) is 0 Å². The lowest BCUT2D eigenvalue weighted by molar-refractivity contribution is -0.122. The Hall–Kier alpha value is -1.35. The molecule has 1 aliphatic carbocycles. The molecule has 2 aliphatic rings. The predicted molar refractivity (Wildman–Crippen MR) is 93.8 cm³/mol. The lowest BCUT2D eigenvalue weighted by Gasteiger charge is -2.35. The maximum atomic E-state index is 11.9. The van der Waals surface area contributed by atoms with Gasteiger partial charge in [0.25, 0.3) is 0 Å². The van der Waals surface area contributed by atoms with Crippen molar-refractivity contribution in [3.63, 3.8) is 0 Å². The first-order valence-electron chi connectivity index (χ1n) is 9.09. The first-order chi connectivity index (χ1) is 11.0. The van der Waals surface area contributed by atoms with Gasteiger partial charge in [0.05, 0.1) is 0 Å². The van der Waals surface area contributed by atoms with Crippen molar-refractivity contribution in [2.75, 3.05) is 13.1 Å². The van der Waals surface area contributed by atoms with Gasteiger partial charge in [-0.05, 0) is 41.7 Å². The van der Waals surface area contributed by atoms with Gasteiger partial charge in [-0.2, -0.15) is 0 Å². The zero-order chi connectivity index (χ0) is 16.4. The minimum absolute atomic E-state index is 0.220. The van der Waals surface area contributed by atoms with E-state index in [1.165, 1.54) is 30.6 Å². The molecule has 1 saturated carbocycles. The van der Waals surface area contributed by atoms with Gasteiger partial charge < -0.3 is 5.32 Å². The van der Waals surface area contributed by atoms with Gasteiger partial charge in [-0.15, -0.1) is 0 Å². The van der Waals surface area contributed by atoms with Crippen LogP contribution in [-0.2, 0) is 17.9 Å². The number of carbonyl (C=O) groups is 1. The van der Waals surface area contributed by atoms with Crippen LogP contribution in [0.25, 0.3) is 0 Å². The van der Waals surface area contributed by atoms with Crippen LogP contribution in [0.5, 0.6) is 0 Å². The lowest BCUT2D eigenvalue weighted by Crippen LogP contribution is -2.38. The molecule has 1 aromatic carbocycles. The molecule has 1 N–H and O–H groups in total. The van der Waals surface area contributed by atoms with E-state index in [9.17, 15) is 4.79 Å². The Labute approximate surface area is 140 Å². The van der Waals surface area contributed by atoms with E-state index < -0.39 is 0 Å². The zero-order valence-corrected chi connectivity index (χ0v) is 14.7. The summed E-state index contributed by atoms with van der Waals surface area (Å²) in [5.41, 5.74) is 2.56. The van der Waals surface area contributed by atoms with Crippen LogP contribution >= 0.6 is 0 Å². The van der Waals surface area contributed by atoms with Gasteiger partial charge in [0.15, 0.2) is 0 Å². The van der Waals surface area contributed by atoms with Gasteiger partial charge in [-0.3, -0.25) is 9.69 Å². The molecule has 0 bridgehead atoms. The number of hydrogen-bond acceptors (Lipinski definition) is 2. The van der Waals surface area contributed by atoms with Crippen molar-refractivity contribution in [2.24, 2.45) is 23.7 Å². The van der Waals surface area contributed by atoms with E-state index in [0.717, 1.165) is 24.8 Å². The summed E-state index contributed by atoms with van der Waals surface area (Å²) in [5, 5.41) is 3.05. The fraction of sp³-hybridized carbons (Fsp3) is 0.650. The first kappa shape index (κ1) is 16.5. The number of benzene rings is 1. The summed E-state index contributed by atoms with van der Waals surface area (Å²) < 4.78 is 0. The monoisotopic (exact) mass is 314 g/mol. The van der Waals surface area contributed by atoms with Gasteiger partial charge in [0.1, 0.15) is 0 Å². The lowest BCUT2D eigenvalue weighted by atomic mass is 9.91. The van der Waals surface area contributed by atoms with Gasteiger partial charge in [0.2, 0.25) is 5.91 Å². The number of carbonyl (C=O) groups excluding carboxylic acids is 1. The third kappa shape index (κ3) is 4.57. The van der Waals surface area contributed by atoms with E-state index in [-0.39, 0.29) is 11.8 Å². The minimum atomic E-state index is 0.220. The van der Waals surface area contributed by atoms with E-state index in [1.807, 2.05) is 0 Å². The first-order valence-corrected chi connectivity index (χ1v) is 9.09. The SMILES string of the molecule is C[C@H]1C[C@H](C)CN(Cc2ccc(CNC(=O)[C@@H]3C[C@@H]3C)cc2)C1. The number of hydrogen-bond donors (Lipinski definition) is 1. The molecule has 2 fully saturated rings. The highest BCUT2D eigenvalue weighted by atomic mass is 16.2. The van der Waals surface area contributed by atoms with Crippen molar-refractivity contribution in [1.29, 1.82) is 0 Å². The van der Waals surface area contributed by atoms with Crippen molar-refractivity contribution >= 4 is 5.91 Å². The number of rotatable bonds is 5. The van der Waals surface area contributed by atoms with E-state index in [0.29, 0.717) is 12.5 Å². The molecule has 0 unspecified atom stereocenters. The summed E-state index contributed by atoms with van der Waals surface area (Å²) >= 11 is 0. The molecular formula is C20H30N2O. The average molecular weight is 314 g/mol. The van der Waals surface area contributed by atoms with Crippen molar-refractivity contribution in [3.8, 4) is 0 Å². The molecule has 1 aliphatic heterocycles. The molecule has 3 nitrogen and oxygen atoms in total. The van der Waals surface area contributed by atoms with Crippen LogP contribution in [0.4, 0.5) is 0 Å². The minimum Gasteiger partial charge on any atom is -0.352 e. The van der Waals surface area contributed by atoms with Crippen LogP contribution < -0.4 is 5.32 Å². The Balaban J connectivity index is 1.48. The quantitative estimate of drug-likeness (QED) is 0.903. The summed E-state index contributed by atoms with van der Waals surface area (Å²) in [6.07, 6.45) is 2.41. The molecule has 4 atom stereocenters. The number of piperidine rings is 1. The largest absolute Gasteiger partial charge is 0.352 e. The Bertz CT molecular complexity index is 529. The van der Waals surface area contributed by atoms with E-state index in [4.69, 9.17) is 0 Å². The molecule has 0 aromatic heterocycles. The fourth-order valence-corrected chi connectivity index (χ4v) is 3.95. The predicted octanol–water partition coefficient (Wildman–Crippen LogP) is 3.44. The Morgan fingerprint density at radius 1 is 1.04 bits per heavy atom. The molecule has 126 valence electrons. The van der Waals surface area contributed by atoms with Crippen molar-refractivity contribution in [2.45, 2.75) is 46.7 Å². The van der Waals surface area contributed by atoms with Crippen LogP contribution in [0.3, 0.4) is 0 Å². The van der Waals surface area contributed by atoms with Gasteiger partial charge in [-0.1, -0.05) is 45.0 Å². The Morgan fingerprint density at radius 3 is 2.17 bits per heavy atom. The summed E-state index contributed by atoms with van der Waals surface area (Å²) in [6.45, 7) is 11.0. The maximum Gasteiger partial charge on any atom is 0.223 e. The molecule has 1 heterocycles. The van der Waals surface area contributed by atoms with Crippen molar-refractivity contribution in [1.82, 2.24) is 10.2 Å². The maximum absolute atomic E-state index is 11.9. The van der Waals surface area contributed by atoms with Crippen LogP contribution in [0.1, 0.15) is 44.7 Å². The molecule has 0 radical (unpaired) electrons. The molecule has 3 heteroatoms. The van der Waals surface area contributed by atoms with Gasteiger partial charge in [0, 0.05) is 32.1 Å². The number of nitrogens with zero attached hydrogens (tertiary/aromatic N) is 1. The molecule has 23 heavy (non-hydrogen) atoms. The highest BCUT2D eigenvalue weighted by molar-refractivity contribution is 5.81. The molecular weight excluding hydrogens is 284 g/mol. The summed E-state index contributed by atoms with van der Waals surface area (Å²) in [4.78, 5) is 14.4. The third-order valence-electron chi connectivity index (χ3n) is 5.29. The Kier molecular flexibility index (Phi) is 5.05. The normalized spacial score (nSPS) is 30.9. The van der Waals surface area contributed by atoms with Crippen LogP contribution in [-0.4, -0.2) is 23.9 Å². The number of nitrogens with one attached hydrogen (secondary N) is 1. The third-order valence-corrected chi connectivity index (χ3v) is 5.29. The average Bonchev–Trinajstić information content (AvgIpc) is 3.22. The zero-order valence-electron chi connectivity index (χ0n) is 14.7. The number of likely N-dealkylation sites (tertiary alicyclic amines) is 1. The second-order valence-corrected chi connectivity index (χ2v) is 7.99. The molecule has 0 spiro atoms. The molecule has 1 saturated heterocycles. The summed E-state index contributed by atoms with van der Waals surface area (Å²) in [6, 6.07) is 8.74. The molecule has 3 rings (SSSR count). The van der Waals surface area contributed by atoms with E-state index >= 15 is 0 Å². The number of amides is 1. The standard InChI is InChI=1S/C20H30N2O/c1-14-8-15(2)12-22(11-14)13-18-6-4-17(5-7-18)10-21-20(23)19-9-16(19)3/h4-7,14-16,19H,8-13H2,1-3H3,(H,21,23)/t14-,15-,16-,19+/m0/s1. The van der Waals surface area contributed by atoms with E-state index in [2.05, 4.69) is 55.3 Å². The summed E-state index contributed by atoms with van der Waals surface area (Å²) in [5.74, 6) is 2.66. The highest BCUT2D eigenvalue weighted by Gasteiger charge is 2.38. The second-order valence-electron chi connectivity index (χ2n) is 7.99. The Morgan fingerprint density at radius 2 is 1.61 bits per heavy atom. The summed E-state index contributed by atoms with van der Waals surface area (Å²) in [7, 11) is 0. The smallest absolute Gasteiger partial charge is 0.223 e. The molecule has 1 amide bonds. The van der Waals surface area contributed by atoms with Crippen molar-refractivity contribution in [3.05, 3.63) is 35.4 Å². The topological polar surface area (TPSA) is 32.3 Å². The van der Waals surface area contributed by atoms with Gasteiger partial charge >= 0.3 is 0 Å².